The molecule has 0 spiro atoms. The molecule has 0 saturated heterocycles. The van der Waals surface area contributed by atoms with Crippen LogP contribution in [0.15, 0.2) is 150 Å². The molecule has 25 heteroatoms. The highest BCUT2D eigenvalue weighted by Gasteiger charge is 2.18. The monoisotopic (exact) mass is 1070 g/mol. The van der Waals surface area contributed by atoms with Gasteiger partial charge in [-0.2, -0.15) is 15.0 Å². The summed E-state index contributed by atoms with van der Waals surface area (Å²) in [5.74, 6) is 0.223. The number of halogens is 3. The maximum absolute atomic E-state index is 13.2. The van der Waals surface area contributed by atoms with E-state index in [1.165, 1.54) is 27.9 Å². The highest BCUT2D eigenvalue weighted by molar-refractivity contribution is 6.31. The molecule has 0 atom stereocenters. The van der Waals surface area contributed by atoms with Crippen molar-refractivity contribution in [3.63, 3.8) is 0 Å². The summed E-state index contributed by atoms with van der Waals surface area (Å²) in [7, 11) is 2.35. The van der Waals surface area contributed by atoms with Gasteiger partial charge in [0.25, 0.3) is 0 Å². The van der Waals surface area contributed by atoms with Crippen LogP contribution in [0.3, 0.4) is 0 Å². The van der Waals surface area contributed by atoms with Crippen LogP contribution in [0.4, 0.5) is 11.6 Å². The first-order valence-electron chi connectivity index (χ1n) is 21.8. The molecule has 0 unspecified atom stereocenters. The minimum atomic E-state index is -0.884. The molecule has 0 aliphatic carbocycles. The summed E-state index contributed by atoms with van der Waals surface area (Å²) in [5, 5.41) is 4.76. The van der Waals surface area contributed by atoms with Crippen molar-refractivity contribution in [2.75, 3.05) is 19.5 Å². The van der Waals surface area contributed by atoms with Gasteiger partial charge in [-0.25, -0.2) is 42.9 Å². The van der Waals surface area contributed by atoms with Crippen molar-refractivity contribution in [3.8, 4) is 11.6 Å². The molecular formula is C49H44Cl3N11O11. The van der Waals surface area contributed by atoms with Gasteiger partial charge < -0.3 is 19.5 Å². The van der Waals surface area contributed by atoms with Crippen LogP contribution in [0.1, 0.15) is 28.3 Å². The molecule has 0 bridgehead atoms. The summed E-state index contributed by atoms with van der Waals surface area (Å²) in [6.07, 6.45) is 1.62. The number of anilines is 2. The number of rotatable bonds is 14. The first kappa shape index (κ1) is 54.6. The number of aromatic nitrogens is 10. The Hall–Kier alpha value is -8.73. The number of ether oxygens (including phenoxy) is 3. The van der Waals surface area contributed by atoms with E-state index in [9.17, 15) is 38.4 Å². The Balaban J connectivity index is 0.000000196. The molecule has 74 heavy (non-hydrogen) atoms. The van der Waals surface area contributed by atoms with Crippen LogP contribution in [0, 0.1) is 13.8 Å². The van der Waals surface area contributed by atoms with Gasteiger partial charge in [0.2, 0.25) is 11.8 Å². The summed E-state index contributed by atoms with van der Waals surface area (Å²) in [5.41, 5.74) is -1.05. The van der Waals surface area contributed by atoms with Crippen molar-refractivity contribution in [1.82, 2.24) is 47.8 Å². The first-order valence-corrected chi connectivity index (χ1v) is 22.9. The number of pyridine rings is 1. The Labute approximate surface area is 433 Å². The van der Waals surface area contributed by atoms with Gasteiger partial charge in [-0.05, 0) is 97.3 Å². The van der Waals surface area contributed by atoms with Crippen molar-refractivity contribution in [2.45, 2.75) is 46.6 Å². The average molecular weight is 1070 g/mol. The summed E-state index contributed by atoms with van der Waals surface area (Å²) >= 11 is 17.6. The standard InChI is InChI=1S/C24H20ClN5O5.C14H14ClN3O4.C11H10ClN3O2/c1-34-21(31)15-30-23(32)28-22(29(24(30)33)14-16-5-7-17(25)8-6-16)27-18-9-11-19(12-10-18)35-20-4-2-3-13-26-20;1-9-16-13(20)18(8-12(19)22-2)14(21)17(9)7-10-3-5-11(15)6-4-10;1-7-13-10(16)14-11(17)15(7)6-8-2-4-9(12)5-3-8/h2-13H,14-15H2,1H3,(H,27,28,32);3-6H,7-8H2,1-2H3;2-5H,6H2,1H3,(H,14,16,17). The Morgan fingerprint density at radius 2 is 1.01 bits per heavy atom. The van der Waals surface area contributed by atoms with E-state index >= 15 is 0 Å². The number of esters is 2. The number of benzene rings is 4. The van der Waals surface area contributed by atoms with Gasteiger partial charge >= 0.3 is 46.1 Å². The van der Waals surface area contributed by atoms with Gasteiger partial charge in [0, 0.05) is 33.0 Å². The van der Waals surface area contributed by atoms with Crippen LogP contribution < -0.4 is 44.2 Å². The number of methoxy groups -OCH3 is 2. The molecule has 22 nitrogen and oxygen atoms in total. The molecule has 0 saturated carbocycles. The van der Waals surface area contributed by atoms with Gasteiger partial charge in [0.05, 0.1) is 33.9 Å². The highest BCUT2D eigenvalue weighted by atomic mass is 35.5. The highest BCUT2D eigenvalue weighted by Crippen LogP contribution is 2.23. The minimum absolute atomic E-state index is 0.00876. The fourth-order valence-electron chi connectivity index (χ4n) is 6.54. The summed E-state index contributed by atoms with van der Waals surface area (Å²) < 4.78 is 20.2. The van der Waals surface area contributed by atoms with E-state index in [0.717, 1.165) is 25.8 Å². The van der Waals surface area contributed by atoms with Crippen LogP contribution in [0.25, 0.3) is 0 Å². The lowest BCUT2D eigenvalue weighted by atomic mass is 10.2. The smallest absolute Gasteiger partial charge is 0.355 e. The molecule has 382 valence electrons. The van der Waals surface area contributed by atoms with E-state index in [1.807, 2.05) is 18.2 Å². The zero-order chi connectivity index (χ0) is 53.5. The van der Waals surface area contributed by atoms with E-state index in [-0.39, 0.29) is 24.9 Å². The number of nitrogens with one attached hydrogen (secondary N) is 2. The SMILES string of the molecule is COC(=O)Cn1c(=O)nc(C)n(Cc2ccc(Cl)cc2)c1=O.COC(=O)Cn1c(=O)nc(Nc2ccc(Oc3ccccn3)cc2)n(Cc2ccc(Cl)cc2)c1=O.Cc1nc(=O)[nH]c(=O)n1Cc1ccc(Cl)cc1. The van der Waals surface area contributed by atoms with Crippen molar-refractivity contribution in [1.29, 1.82) is 0 Å². The molecule has 2 N–H and O–H groups in total. The van der Waals surface area contributed by atoms with Gasteiger partial charge in [-0.3, -0.25) is 28.3 Å². The molecule has 0 aliphatic heterocycles. The zero-order valence-electron chi connectivity index (χ0n) is 39.7. The lowest BCUT2D eigenvalue weighted by molar-refractivity contribution is -0.142. The molecule has 4 aromatic heterocycles. The van der Waals surface area contributed by atoms with Crippen LogP contribution in [-0.2, 0) is 51.8 Å². The van der Waals surface area contributed by atoms with E-state index in [0.29, 0.717) is 44.8 Å². The lowest BCUT2D eigenvalue weighted by Gasteiger charge is -2.15. The Morgan fingerprint density at radius 1 is 0.554 bits per heavy atom. The molecule has 4 heterocycles. The number of carbonyl (C=O) groups is 2. The number of H-pyrrole nitrogens is 1. The third-order valence-electron chi connectivity index (χ3n) is 10.4. The molecule has 4 aromatic carbocycles. The number of aryl methyl sites for hydroxylation is 2. The largest absolute Gasteiger partial charge is 0.468 e. The lowest BCUT2D eigenvalue weighted by Crippen LogP contribution is -2.44. The van der Waals surface area contributed by atoms with E-state index < -0.39 is 59.2 Å². The van der Waals surface area contributed by atoms with Crippen molar-refractivity contribution in [2.24, 2.45) is 0 Å². The number of nitrogens with zero attached hydrogens (tertiary/aromatic N) is 9. The second kappa shape index (κ2) is 25.6. The van der Waals surface area contributed by atoms with Crippen LogP contribution >= 0.6 is 34.8 Å². The topological polar surface area (TPSA) is 268 Å². The van der Waals surface area contributed by atoms with E-state index in [1.54, 1.807) is 117 Å². The van der Waals surface area contributed by atoms with Crippen molar-refractivity contribution >= 4 is 58.4 Å². The molecule has 8 rings (SSSR count). The Bertz CT molecular complexity index is 3620. The molecule has 0 amide bonds. The Morgan fingerprint density at radius 3 is 1.49 bits per heavy atom. The maximum Gasteiger partial charge on any atom is 0.355 e. The number of carbonyl (C=O) groups excluding carboxylic acids is 2. The number of hydrogen-bond acceptors (Lipinski definition) is 16. The number of aromatic amines is 1. The summed E-state index contributed by atoms with van der Waals surface area (Å²) in [4.78, 5) is 113. The molecular weight excluding hydrogens is 1020 g/mol. The summed E-state index contributed by atoms with van der Waals surface area (Å²) in [6, 6.07) is 33.1. The van der Waals surface area contributed by atoms with Gasteiger partial charge in [-0.1, -0.05) is 77.3 Å². The molecule has 8 aromatic rings. The fourth-order valence-corrected chi connectivity index (χ4v) is 6.92. The van der Waals surface area contributed by atoms with Gasteiger partial charge in [0.15, 0.2) is 0 Å². The second-order valence-electron chi connectivity index (χ2n) is 15.5. The van der Waals surface area contributed by atoms with Crippen LogP contribution in [-0.4, -0.2) is 73.9 Å². The minimum Gasteiger partial charge on any atom is -0.468 e. The molecule has 0 fully saturated rings. The van der Waals surface area contributed by atoms with E-state index in [2.05, 4.69) is 39.7 Å². The fraction of sp³-hybridized carbons (Fsp3) is 0.184. The normalized spacial score (nSPS) is 10.5. The van der Waals surface area contributed by atoms with Gasteiger partial charge in [0.1, 0.15) is 30.5 Å². The first-order chi connectivity index (χ1) is 35.4. The predicted molar refractivity (Wildman–Crippen MR) is 274 cm³/mol. The van der Waals surface area contributed by atoms with Crippen LogP contribution in [0.2, 0.25) is 15.1 Å². The maximum atomic E-state index is 13.2. The number of hydrogen-bond donors (Lipinski definition) is 2. The average Bonchev–Trinajstić information content (AvgIpc) is 3.38. The third-order valence-corrected chi connectivity index (χ3v) is 11.1. The van der Waals surface area contributed by atoms with Gasteiger partial charge in [-0.15, -0.1) is 0 Å². The predicted octanol–water partition coefficient (Wildman–Crippen LogP) is 4.74. The second-order valence-corrected chi connectivity index (χ2v) is 16.8. The summed E-state index contributed by atoms with van der Waals surface area (Å²) in [6.45, 7) is 2.80. The molecule has 0 aliphatic rings. The Kier molecular flexibility index (Phi) is 18.9. The zero-order valence-corrected chi connectivity index (χ0v) is 42.0. The van der Waals surface area contributed by atoms with E-state index in [4.69, 9.17) is 39.5 Å². The van der Waals surface area contributed by atoms with Crippen molar-refractivity contribution < 1.29 is 23.8 Å². The quantitative estimate of drug-likeness (QED) is 0.139. The third kappa shape index (κ3) is 15.1. The van der Waals surface area contributed by atoms with Crippen LogP contribution in [0.5, 0.6) is 11.6 Å². The molecule has 0 radical (unpaired) electrons. The van der Waals surface area contributed by atoms with Crippen molar-refractivity contribution in [3.05, 3.63) is 228 Å².